The van der Waals surface area contributed by atoms with Gasteiger partial charge in [0.25, 0.3) is 0 Å². The first-order valence-electron chi connectivity index (χ1n) is 8.70. The Balaban J connectivity index is 1.78. The van der Waals surface area contributed by atoms with Crippen molar-refractivity contribution in [2.75, 3.05) is 32.1 Å². The van der Waals surface area contributed by atoms with Gasteiger partial charge in [-0.2, -0.15) is 0 Å². The number of likely N-dealkylation sites (tertiary alicyclic amines) is 1. The van der Waals surface area contributed by atoms with Crippen LogP contribution >= 0.6 is 0 Å². The predicted octanol–water partition coefficient (Wildman–Crippen LogP) is 2.49. The lowest BCUT2D eigenvalue weighted by atomic mass is 9.88. The van der Waals surface area contributed by atoms with Crippen LogP contribution in [0, 0.1) is 17.8 Å². The number of allylic oxidation sites excluding steroid dienone is 1. The summed E-state index contributed by atoms with van der Waals surface area (Å²) in [5.41, 5.74) is 3.89. The topological polar surface area (TPSA) is 36.4 Å². The molecule has 4 nitrogen and oxygen atoms in total. The van der Waals surface area contributed by atoms with Crippen LogP contribution in [-0.2, 0) is 11.2 Å². The van der Waals surface area contributed by atoms with Crippen LogP contribution in [0.5, 0.6) is 0 Å². The summed E-state index contributed by atoms with van der Waals surface area (Å²) in [6.45, 7) is 1.95. The van der Waals surface area contributed by atoms with Crippen LogP contribution in [0.2, 0.25) is 0 Å². The minimum atomic E-state index is 0.0473. The van der Waals surface area contributed by atoms with Crippen molar-refractivity contribution in [3.63, 3.8) is 0 Å². The second-order valence-corrected chi connectivity index (χ2v) is 7.53. The van der Waals surface area contributed by atoms with Crippen LogP contribution in [0.15, 0.2) is 17.7 Å². The Hall–Kier alpha value is -2.28. The third-order valence-electron chi connectivity index (χ3n) is 5.76. The number of pyridine rings is 1. The van der Waals surface area contributed by atoms with Gasteiger partial charge in [-0.1, -0.05) is 12.0 Å². The number of rotatable bonds is 2. The first-order valence-corrected chi connectivity index (χ1v) is 8.70. The molecule has 0 bridgehead atoms. The van der Waals surface area contributed by atoms with Crippen LogP contribution < -0.4 is 4.90 Å². The Morgan fingerprint density at radius 1 is 1.21 bits per heavy atom. The molecule has 0 amide bonds. The molecule has 2 heterocycles. The van der Waals surface area contributed by atoms with Gasteiger partial charge in [-0.15, -0.1) is 6.42 Å². The summed E-state index contributed by atoms with van der Waals surface area (Å²) in [6, 6.07) is 4.00. The molecule has 1 aromatic rings. The van der Waals surface area contributed by atoms with Gasteiger partial charge in [-0.3, -0.25) is 4.79 Å². The minimum Gasteiger partial charge on any atom is -0.369 e. The number of hydrogen-bond acceptors (Lipinski definition) is 4. The molecule has 0 radical (unpaired) electrons. The predicted molar refractivity (Wildman–Crippen MR) is 95.5 cm³/mol. The van der Waals surface area contributed by atoms with Gasteiger partial charge in [0.15, 0.2) is 5.78 Å². The van der Waals surface area contributed by atoms with E-state index in [4.69, 9.17) is 11.4 Å². The van der Waals surface area contributed by atoms with Crippen LogP contribution in [0.25, 0.3) is 5.70 Å². The van der Waals surface area contributed by atoms with E-state index >= 15 is 0 Å². The molecule has 2 fully saturated rings. The summed E-state index contributed by atoms with van der Waals surface area (Å²) in [4.78, 5) is 21.7. The Labute approximate surface area is 143 Å². The highest BCUT2D eigenvalue weighted by atomic mass is 16.1. The van der Waals surface area contributed by atoms with Crippen molar-refractivity contribution in [1.29, 1.82) is 0 Å². The van der Waals surface area contributed by atoms with E-state index in [9.17, 15) is 4.79 Å². The average molecular weight is 321 g/mol. The van der Waals surface area contributed by atoms with Crippen LogP contribution in [0.3, 0.4) is 0 Å². The minimum absolute atomic E-state index is 0.0473. The third-order valence-corrected chi connectivity index (χ3v) is 5.76. The summed E-state index contributed by atoms with van der Waals surface area (Å²) in [5, 5.41) is 0. The van der Waals surface area contributed by atoms with Gasteiger partial charge in [0.1, 0.15) is 5.82 Å². The zero-order valence-corrected chi connectivity index (χ0v) is 14.4. The fraction of sp³-hybridized carbons (Fsp3) is 0.500. The zero-order chi connectivity index (χ0) is 16.9. The molecule has 1 aliphatic heterocycles. The van der Waals surface area contributed by atoms with Gasteiger partial charge >= 0.3 is 0 Å². The number of carbonyl (C=O) groups is 1. The number of Topliss-reactive ketones (excluding diaryl/α,β-unsaturated/α-hetero) is 1. The average Bonchev–Trinajstić information content (AvgIpc) is 3.33. The molecule has 1 spiro atoms. The van der Waals surface area contributed by atoms with Gasteiger partial charge in [-0.25, -0.2) is 4.98 Å². The highest BCUT2D eigenvalue weighted by Gasteiger charge is 2.45. The lowest BCUT2D eigenvalue weighted by molar-refractivity contribution is -0.114. The van der Waals surface area contributed by atoms with Crippen molar-refractivity contribution >= 4 is 17.3 Å². The smallest absolute Gasteiger partial charge is 0.177 e. The van der Waals surface area contributed by atoms with Crippen LogP contribution in [0.4, 0.5) is 5.82 Å². The summed E-state index contributed by atoms with van der Waals surface area (Å²) >= 11 is 0. The molecule has 124 valence electrons. The van der Waals surface area contributed by atoms with E-state index in [1.165, 1.54) is 25.7 Å². The second kappa shape index (κ2) is 5.37. The monoisotopic (exact) mass is 321 g/mol. The Kier molecular flexibility index (Phi) is 3.42. The molecule has 4 rings (SSSR count). The number of ketones is 1. The van der Waals surface area contributed by atoms with E-state index < -0.39 is 0 Å². The molecule has 1 saturated heterocycles. The fourth-order valence-corrected chi connectivity index (χ4v) is 3.92. The van der Waals surface area contributed by atoms with Gasteiger partial charge in [0.05, 0.1) is 17.0 Å². The van der Waals surface area contributed by atoms with Crippen molar-refractivity contribution in [2.24, 2.45) is 5.41 Å². The van der Waals surface area contributed by atoms with Gasteiger partial charge in [0.2, 0.25) is 0 Å². The van der Waals surface area contributed by atoms with Gasteiger partial charge in [-0.05, 0) is 42.7 Å². The lowest BCUT2D eigenvalue weighted by Gasteiger charge is -2.37. The maximum atomic E-state index is 12.5. The number of piperidine rings is 1. The molecule has 0 unspecified atom stereocenters. The number of fused-ring (bicyclic) bond motifs is 1. The molecule has 0 atom stereocenters. The van der Waals surface area contributed by atoms with E-state index in [1.807, 2.05) is 31.1 Å². The molecular weight excluding hydrogens is 298 g/mol. The molecule has 0 N–H and O–H groups in total. The number of aromatic nitrogens is 1. The summed E-state index contributed by atoms with van der Waals surface area (Å²) in [7, 11) is 3.96. The number of hydrogen-bond donors (Lipinski definition) is 0. The number of anilines is 1. The maximum absolute atomic E-state index is 12.5. The molecule has 1 saturated carbocycles. The quantitative estimate of drug-likeness (QED) is 0.784. The van der Waals surface area contributed by atoms with E-state index in [0.29, 0.717) is 17.4 Å². The van der Waals surface area contributed by atoms with Crippen molar-refractivity contribution in [3.8, 4) is 12.3 Å². The summed E-state index contributed by atoms with van der Waals surface area (Å²) in [5.74, 6) is 3.61. The molecular formula is C20H23N3O. The fourth-order valence-electron chi connectivity index (χ4n) is 3.92. The van der Waals surface area contributed by atoms with Gasteiger partial charge < -0.3 is 9.80 Å². The zero-order valence-electron chi connectivity index (χ0n) is 14.4. The molecule has 2 aliphatic carbocycles. The molecule has 1 aromatic heterocycles. The molecule has 4 heteroatoms. The summed E-state index contributed by atoms with van der Waals surface area (Å²) in [6.07, 6.45) is 11.2. The van der Waals surface area contributed by atoms with Gasteiger partial charge in [0, 0.05) is 33.6 Å². The van der Waals surface area contributed by atoms with Crippen molar-refractivity contribution in [2.45, 2.75) is 32.1 Å². The second-order valence-electron chi connectivity index (χ2n) is 7.53. The Bertz CT molecular complexity index is 771. The Morgan fingerprint density at radius 3 is 2.50 bits per heavy atom. The third kappa shape index (κ3) is 2.39. The number of terminal acetylenes is 1. The number of nitrogens with zero attached hydrogens (tertiary/aromatic N) is 3. The highest BCUT2D eigenvalue weighted by molar-refractivity contribution is 6.09. The first kappa shape index (κ1) is 15.3. The van der Waals surface area contributed by atoms with E-state index in [0.717, 1.165) is 35.9 Å². The van der Waals surface area contributed by atoms with Crippen molar-refractivity contribution in [1.82, 2.24) is 9.88 Å². The SMILES string of the molecule is C#CC1=C(N2CCC3(CC2)CC3)c2nc(N(C)C)ccc2CC1=O. The van der Waals surface area contributed by atoms with Crippen molar-refractivity contribution in [3.05, 3.63) is 29.0 Å². The van der Waals surface area contributed by atoms with Crippen LogP contribution in [-0.4, -0.2) is 42.9 Å². The van der Waals surface area contributed by atoms with E-state index in [2.05, 4.69) is 10.8 Å². The maximum Gasteiger partial charge on any atom is 0.177 e. The van der Waals surface area contributed by atoms with Crippen LogP contribution in [0.1, 0.15) is 36.9 Å². The largest absolute Gasteiger partial charge is 0.369 e. The molecule has 3 aliphatic rings. The number of carbonyl (C=O) groups excluding carboxylic acids is 1. The van der Waals surface area contributed by atoms with E-state index in [1.54, 1.807) is 0 Å². The Morgan fingerprint density at radius 2 is 1.92 bits per heavy atom. The standard InChI is InChI=1S/C20H23N3O/c1-4-15-16(24)13-14-5-6-17(22(2)3)21-18(14)19(15)23-11-9-20(7-8-20)10-12-23/h1,5-6H,7-13H2,2-3H3. The summed E-state index contributed by atoms with van der Waals surface area (Å²) < 4.78 is 0. The highest BCUT2D eigenvalue weighted by Crippen LogP contribution is 2.54. The van der Waals surface area contributed by atoms with E-state index in [-0.39, 0.29) is 5.78 Å². The normalized spacial score (nSPS) is 21.5. The first-order chi connectivity index (χ1) is 11.5. The molecule has 24 heavy (non-hydrogen) atoms. The lowest BCUT2D eigenvalue weighted by Crippen LogP contribution is -2.36. The van der Waals surface area contributed by atoms with Crippen molar-refractivity contribution < 1.29 is 4.79 Å². The molecule has 0 aromatic carbocycles.